The zero-order chi connectivity index (χ0) is 16.4. The van der Waals surface area contributed by atoms with Gasteiger partial charge in [0.15, 0.2) is 0 Å². The Morgan fingerprint density at radius 3 is 2.61 bits per heavy atom. The van der Waals surface area contributed by atoms with Gasteiger partial charge in [0, 0.05) is 6.54 Å². The molecule has 1 aliphatic rings. The number of aromatic nitrogens is 3. The smallest absolute Gasteiger partial charge is 0.240 e. The number of thioether (sulfide) groups is 1. The van der Waals surface area contributed by atoms with E-state index in [1.165, 1.54) is 22.7 Å². The third-order valence-corrected chi connectivity index (χ3v) is 4.69. The highest BCUT2D eigenvalue weighted by Crippen LogP contribution is 2.31. The number of carbonyl (C=O) groups excluding carboxylic acids is 1. The molecule has 23 heavy (non-hydrogen) atoms. The van der Waals surface area contributed by atoms with Crippen LogP contribution < -0.4 is 16.4 Å². The van der Waals surface area contributed by atoms with E-state index in [1.54, 1.807) is 18.2 Å². The van der Waals surface area contributed by atoms with Gasteiger partial charge in [0.2, 0.25) is 17.8 Å². The predicted molar refractivity (Wildman–Crippen MR) is 87.1 cm³/mol. The molecule has 1 atom stereocenters. The van der Waals surface area contributed by atoms with Crippen molar-refractivity contribution in [2.75, 3.05) is 22.9 Å². The van der Waals surface area contributed by atoms with E-state index in [2.05, 4.69) is 15.0 Å². The molecular weight excluding hydrogens is 319 g/mol. The van der Waals surface area contributed by atoms with Crippen LogP contribution in [0.3, 0.4) is 0 Å². The van der Waals surface area contributed by atoms with Crippen LogP contribution in [0.1, 0.15) is 12.2 Å². The molecule has 0 spiro atoms. The normalized spacial score (nSPS) is 17.7. The van der Waals surface area contributed by atoms with E-state index < -0.39 is 5.82 Å². The van der Waals surface area contributed by atoms with Crippen molar-refractivity contribution in [3.8, 4) is 0 Å². The molecule has 120 valence electrons. The van der Waals surface area contributed by atoms with Gasteiger partial charge in [-0.3, -0.25) is 4.79 Å². The molecule has 0 radical (unpaired) electrons. The highest BCUT2D eigenvalue weighted by atomic mass is 32.2. The molecule has 1 saturated heterocycles. The largest absolute Gasteiger partial charge is 0.368 e. The summed E-state index contributed by atoms with van der Waals surface area (Å²) >= 11 is 1.39. The van der Waals surface area contributed by atoms with Gasteiger partial charge in [0.1, 0.15) is 11.6 Å². The fourth-order valence-electron chi connectivity index (χ4n) is 2.41. The molecule has 1 fully saturated rings. The first kappa shape index (κ1) is 15.5. The summed E-state index contributed by atoms with van der Waals surface area (Å²) in [6, 6.07) is 6.26. The number of halogens is 1. The van der Waals surface area contributed by atoms with Gasteiger partial charge in [-0.25, -0.2) is 4.39 Å². The van der Waals surface area contributed by atoms with E-state index >= 15 is 0 Å². The van der Waals surface area contributed by atoms with Gasteiger partial charge >= 0.3 is 0 Å². The van der Waals surface area contributed by atoms with Crippen molar-refractivity contribution in [3.63, 3.8) is 0 Å². The van der Waals surface area contributed by atoms with E-state index in [1.807, 2.05) is 0 Å². The second-order valence-electron chi connectivity index (χ2n) is 5.00. The number of benzene rings is 1. The molecule has 1 aliphatic heterocycles. The van der Waals surface area contributed by atoms with Crippen LogP contribution in [-0.4, -0.2) is 32.7 Å². The zero-order valence-electron chi connectivity index (χ0n) is 12.1. The lowest BCUT2D eigenvalue weighted by molar-refractivity contribution is -0.116. The van der Waals surface area contributed by atoms with E-state index in [0.29, 0.717) is 30.2 Å². The maximum absolute atomic E-state index is 13.8. The molecule has 2 aromatic rings. The first-order valence-electron chi connectivity index (χ1n) is 6.98. The average molecular weight is 334 g/mol. The van der Waals surface area contributed by atoms with Crippen molar-refractivity contribution < 1.29 is 9.18 Å². The Balaban J connectivity index is 1.67. The summed E-state index contributed by atoms with van der Waals surface area (Å²) in [5.74, 6) is 0.410. The van der Waals surface area contributed by atoms with Crippen LogP contribution in [0, 0.1) is 5.82 Å². The summed E-state index contributed by atoms with van der Waals surface area (Å²) < 4.78 is 13.8. The molecule has 1 aromatic heterocycles. The maximum atomic E-state index is 13.8. The molecule has 7 nitrogen and oxygen atoms in total. The summed E-state index contributed by atoms with van der Waals surface area (Å²) in [6.45, 7) is 0.485. The Morgan fingerprint density at radius 2 is 1.91 bits per heavy atom. The highest BCUT2D eigenvalue weighted by Gasteiger charge is 2.34. The van der Waals surface area contributed by atoms with Crippen LogP contribution in [0.25, 0.3) is 0 Å². The van der Waals surface area contributed by atoms with Gasteiger partial charge in [0.25, 0.3) is 0 Å². The van der Waals surface area contributed by atoms with Gasteiger partial charge in [0.05, 0.1) is 16.7 Å². The van der Waals surface area contributed by atoms with Crippen molar-refractivity contribution in [2.24, 2.45) is 0 Å². The fourth-order valence-corrected chi connectivity index (χ4v) is 3.44. The number of nitrogen functional groups attached to an aromatic ring is 2. The van der Waals surface area contributed by atoms with Gasteiger partial charge in [-0.15, -0.1) is 11.8 Å². The second-order valence-corrected chi connectivity index (χ2v) is 6.19. The van der Waals surface area contributed by atoms with Crippen molar-refractivity contribution in [1.82, 2.24) is 15.0 Å². The number of para-hydroxylation sites is 1. The monoisotopic (exact) mass is 334 g/mol. The number of hydrogen-bond donors (Lipinski definition) is 2. The summed E-state index contributed by atoms with van der Waals surface area (Å²) in [6.07, 6.45) is 0.633. The number of nitrogens with two attached hydrogens (primary N) is 2. The van der Waals surface area contributed by atoms with Crippen LogP contribution in [0.5, 0.6) is 0 Å². The molecule has 1 amide bonds. The highest BCUT2D eigenvalue weighted by molar-refractivity contribution is 7.99. The van der Waals surface area contributed by atoms with Crippen molar-refractivity contribution in [1.29, 1.82) is 0 Å². The van der Waals surface area contributed by atoms with Gasteiger partial charge in [-0.1, -0.05) is 12.1 Å². The summed E-state index contributed by atoms with van der Waals surface area (Å²) in [5.41, 5.74) is 11.3. The number of carbonyl (C=O) groups is 1. The number of nitrogens with zero attached hydrogens (tertiary/aromatic N) is 4. The molecule has 0 aliphatic carbocycles. The molecule has 9 heteroatoms. The van der Waals surface area contributed by atoms with E-state index in [0.717, 1.165) is 0 Å². The quantitative estimate of drug-likeness (QED) is 0.864. The maximum Gasteiger partial charge on any atom is 0.240 e. The Bertz CT molecular complexity index is 723. The predicted octanol–water partition coefficient (Wildman–Crippen LogP) is 1.21. The zero-order valence-corrected chi connectivity index (χ0v) is 13.0. The third kappa shape index (κ3) is 3.34. The van der Waals surface area contributed by atoms with E-state index in [4.69, 9.17) is 11.5 Å². The fraction of sp³-hybridized carbons (Fsp3) is 0.286. The molecule has 1 aromatic carbocycles. The molecule has 4 N–H and O–H groups in total. The number of hydrogen-bond acceptors (Lipinski definition) is 7. The van der Waals surface area contributed by atoms with Crippen LogP contribution in [0.2, 0.25) is 0 Å². The van der Waals surface area contributed by atoms with Gasteiger partial charge < -0.3 is 16.4 Å². The van der Waals surface area contributed by atoms with Crippen molar-refractivity contribution in [3.05, 3.63) is 35.9 Å². The van der Waals surface area contributed by atoms with Gasteiger partial charge in [-0.05, 0) is 18.6 Å². The minimum Gasteiger partial charge on any atom is -0.368 e. The third-order valence-electron chi connectivity index (χ3n) is 3.43. The molecule has 2 heterocycles. The lowest BCUT2D eigenvalue weighted by Gasteiger charge is -2.17. The van der Waals surface area contributed by atoms with E-state index in [-0.39, 0.29) is 23.1 Å². The standard InChI is InChI=1S/C14H15FN6OS/c15-8-3-1-2-4-9(8)21-6-5-10(12(21)22)23-7-11-18-13(16)20-14(17)19-11/h1-4,10H,5-7H2,(H4,16,17,18,19,20)/t10-/m0/s1. The Morgan fingerprint density at radius 1 is 1.22 bits per heavy atom. The summed E-state index contributed by atoms with van der Waals surface area (Å²) in [5, 5.41) is -0.270. The SMILES string of the molecule is Nc1nc(N)nc(CS[C@H]2CCN(c3ccccc3F)C2=O)n1. The number of rotatable bonds is 4. The first-order chi connectivity index (χ1) is 11.0. The van der Waals surface area contributed by atoms with Crippen molar-refractivity contribution >= 4 is 35.3 Å². The molecule has 3 rings (SSSR count). The Kier molecular flexibility index (Phi) is 4.28. The molecule has 0 unspecified atom stereocenters. The van der Waals surface area contributed by atoms with Crippen LogP contribution in [-0.2, 0) is 10.5 Å². The number of anilines is 3. The van der Waals surface area contributed by atoms with Crippen LogP contribution >= 0.6 is 11.8 Å². The summed E-state index contributed by atoms with van der Waals surface area (Å²) in [7, 11) is 0. The van der Waals surface area contributed by atoms with Crippen LogP contribution in [0.15, 0.2) is 24.3 Å². The Labute approximate surface area is 136 Å². The minimum absolute atomic E-state index is 0.0545. The lowest BCUT2D eigenvalue weighted by atomic mass is 10.3. The average Bonchev–Trinajstić information content (AvgIpc) is 2.86. The molecular formula is C14H15FN6OS. The van der Waals surface area contributed by atoms with E-state index in [9.17, 15) is 9.18 Å². The van der Waals surface area contributed by atoms with Crippen LogP contribution in [0.4, 0.5) is 22.0 Å². The number of amides is 1. The lowest BCUT2D eigenvalue weighted by Crippen LogP contribution is -2.28. The topological polar surface area (TPSA) is 111 Å². The molecule has 0 saturated carbocycles. The minimum atomic E-state index is -0.399. The van der Waals surface area contributed by atoms with Gasteiger partial charge in [-0.2, -0.15) is 15.0 Å². The van der Waals surface area contributed by atoms with Crippen molar-refractivity contribution in [2.45, 2.75) is 17.4 Å². The second kappa shape index (κ2) is 6.37. The first-order valence-corrected chi connectivity index (χ1v) is 8.03. The molecule has 0 bridgehead atoms. The Hall–Kier alpha value is -2.42. The summed E-state index contributed by atoms with van der Waals surface area (Å²) in [4.78, 5) is 25.6.